The first-order valence-corrected chi connectivity index (χ1v) is 12.6. The number of rotatable bonds is 8. The second-order valence-electron chi connectivity index (χ2n) is 7.01. The van der Waals surface area contributed by atoms with Crippen molar-refractivity contribution in [1.29, 1.82) is 0 Å². The molecule has 0 fully saturated rings. The number of hydrogen-bond acceptors (Lipinski definition) is 6. The first-order chi connectivity index (χ1) is 14.7. The van der Waals surface area contributed by atoms with Gasteiger partial charge in [-0.2, -0.15) is 0 Å². The standard InChI is InChI=1S/C21H23ClN4O3S2/c1-4-26-19(13-31(28,29)17-9-5-14(2)6-10-17)24-25-21(26)30-12-20(27)23-18-11-16(22)8-7-15(18)3/h5-11H,4,12-13H2,1-3H3,(H,23,27). The molecule has 1 amide bonds. The smallest absolute Gasteiger partial charge is 0.234 e. The van der Waals surface area contributed by atoms with Crippen LogP contribution in [0.15, 0.2) is 52.5 Å². The quantitative estimate of drug-likeness (QED) is 0.486. The second-order valence-corrected chi connectivity index (χ2v) is 10.4. The van der Waals surface area contributed by atoms with E-state index in [0.29, 0.717) is 28.2 Å². The molecule has 0 spiro atoms. The van der Waals surface area contributed by atoms with E-state index in [9.17, 15) is 13.2 Å². The molecule has 0 aliphatic heterocycles. The summed E-state index contributed by atoms with van der Waals surface area (Å²) in [7, 11) is -3.55. The van der Waals surface area contributed by atoms with Gasteiger partial charge in [0.2, 0.25) is 5.91 Å². The fraction of sp³-hybridized carbons (Fsp3) is 0.286. The summed E-state index contributed by atoms with van der Waals surface area (Å²) in [4.78, 5) is 12.6. The zero-order chi connectivity index (χ0) is 22.6. The van der Waals surface area contributed by atoms with Crippen LogP contribution < -0.4 is 5.32 Å². The van der Waals surface area contributed by atoms with Gasteiger partial charge in [0.15, 0.2) is 15.0 Å². The van der Waals surface area contributed by atoms with Crippen molar-refractivity contribution >= 4 is 44.8 Å². The number of benzene rings is 2. The van der Waals surface area contributed by atoms with Gasteiger partial charge in [-0.05, 0) is 50.6 Å². The van der Waals surface area contributed by atoms with Gasteiger partial charge < -0.3 is 9.88 Å². The maximum Gasteiger partial charge on any atom is 0.234 e. The number of carbonyl (C=O) groups excluding carboxylic acids is 1. The van der Waals surface area contributed by atoms with Crippen LogP contribution in [0.2, 0.25) is 5.02 Å². The third-order valence-electron chi connectivity index (χ3n) is 4.61. The summed E-state index contributed by atoms with van der Waals surface area (Å²) in [5, 5.41) is 12.0. The van der Waals surface area contributed by atoms with Crippen molar-refractivity contribution < 1.29 is 13.2 Å². The van der Waals surface area contributed by atoms with E-state index in [1.807, 2.05) is 26.8 Å². The van der Waals surface area contributed by atoms with Crippen molar-refractivity contribution in [2.24, 2.45) is 0 Å². The Hall–Kier alpha value is -2.36. The number of nitrogens with zero attached hydrogens (tertiary/aromatic N) is 3. The molecule has 0 saturated carbocycles. The minimum absolute atomic E-state index is 0.106. The molecule has 3 aromatic rings. The Balaban J connectivity index is 1.69. The molecule has 0 saturated heterocycles. The molecule has 0 aliphatic rings. The van der Waals surface area contributed by atoms with Crippen LogP contribution in [0, 0.1) is 13.8 Å². The summed E-state index contributed by atoms with van der Waals surface area (Å²) < 4.78 is 27.2. The molecule has 0 bridgehead atoms. The van der Waals surface area contributed by atoms with Gasteiger partial charge in [0.25, 0.3) is 0 Å². The van der Waals surface area contributed by atoms with E-state index in [4.69, 9.17) is 11.6 Å². The largest absolute Gasteiger partial charge is 0.325 e. The Bertz CT molecular complexity index is 1190. The summed E-state index contributed by atoms with van der Waals surface area (Å²) in [6, 6.07) is 12.0. The molecule has 164 valence electrons. The molecule has 7 nitrogen and oxygen atoms in total. The Kier molecular flexibility index (Phi) is 7.40. The predicted octanol–water partition coefficient (Wildman–Crippen LogP) is 4.27. The fourth-order valence-electron chi connectivity index (χ4n) is 2.89. The predicted molar refractivity (Wildman–Crippen MR) is 123 cm³/mol. The third-order valence-corrected chi connectivity index (χ3v) is 7.45. The van der Waals surface area contributed by atoms with E-state index in [0.717, 1.165) is 11.1 Å². The summed E-state index contributed by atoms with van der Waals surface area (Å²) in [5.41, 5.74) is 2.55. The van der Waals surface area contributed by atoms with Gasteiger partial charge in [-0.15, -0.1) is 10.2 Å². The van der Waals surface area contributed by atoms with Gasteiger partial charge in [0.05, 0.1) is 10.6 Å². The first-order valence-electron chi connectivity index (χ1n) is 9.60. The summed E-state index contributed by atoms with van der Waals surface area (Å²) in [5.74, 6) is -0.0216. The van der Waals surface area contributed by atoms with Crippen LogP contribution in [-0.2, 0) is 26.9 Å². The number of aromatic nitrogens is 3. The Labute approximate surface area is 191 Å². The average Bonchev–Trinajstić information content (AvgIpc) is 3.10. The lowest BCUT2D eigenvalue weighted by Gasteiger charge is -2.10. The van der Waals surface area contributed by atoms with Crippen LogP contribution in [0.4, 0.5) is 5.69 Å². The Morgan fingerprint density at radius 2 is 1.84 bits per heavy atom. The maximum absolute atomic E-state index is 12.8. The maximum atomic E-state index is 12.8. The Morgan fingerprint density at radius 1 is 1.13 bits per heavy atom. The molecule has 2 aromatic carbocycles. The highest BCUT2D eigenvalue weighted by Crippen LogP contribution is 2.23. The number of aryl methyl sites for hydroxylation is 2. The molecule has 0 atom stereocenters. The number of thioether (sulfide) groups is 1. The number of hydrogen-bond donors (Lipinski definition) is 1. The molecule has 10 heteroatoms. The van der Waals surface area contributed by atoms with Crippen LogP contribution in [0.25, 0.3) is 0 Å². The fourth-order valence-corrected chi connectivity index (χ4v) is 5.16. The molecule has 0 unspecified atom stereocenters. The van der Waals surface area contributed by atoms with Gasteiger partial charge in [0, 0.05) is 17.3 Å². The molecule has 31 heavy (non-hydrogen) atoms. The van der Waals surface area contributed by atoms with Crippen molar-refractivity contribution in [1.82, 2.24) is 14.8 Å². The van der Waals surface area contributed by atoms with Crippen LogP contribution >= 0.6 is 23.4 Å². The van der Waals surface area contributed by atoms with E-state index >= 15 is 0 Å². The SMILES string of the molecule is CCn1c(CS(=O)(=O)c2ccc(C)cc2)nnc1SCC(=O)Nc1cc(Cl)ccc1C. The lowest BCUT2D eigenvalue weighted by Crippen LogP contribution is -2.16. The molecule has 1 aromatic heterocycles. The zero-order valence-electron chi connectivity index (χ0n) is 17.4. The van der Waals surface area contributed by atoms with Crippen molar-refractivity contribution in [2.45, 2.75) is 43.1 Å². The summed E-state index contributed by atoms with van der Waals surface area (Å²) >= 11 is 7.20. The molecular formula is C21H23ClN4O3S2. The molecule has 3 rings (SSSR count). The molecule has 0 radical (unpaired) electrons. The topological polar surface area (TPSA) is 93.9 Å². The van der Waals surface area contributed by atoms with Crippen LogP contribution in [0.5, 0.6) is 0 Å². The van der Waals surface area contributed by atoms with E-state index in [1.54, 1.807) is 41.0 Å². The van der Waals surface area contributed by atoms with Crippen molar-refractivity contribution in [3.05, 3.63) is 64.4 Å². The average molecular weight is 479 g/mol. The Morgan fingerprint density at radius 3 is 2.52 bits per heavy atom. The molecular weight excluding hydrogens is 456 g/mol. The first kappa shape index (κ1) is 23.3. The minimum Gasteiger partial charge on any atom is -0.325 e. The van der Waals surface area contributed by atoms with Crippen molar-refractivity contribution in [3.8, 4) is 0 Å². The number of anilines is 1. The molecule has 0 aliphatic carbocycles. The van der Waals surface area contributed by atoms with Gasteiger partial charge in [-0.3, -0.25) is 4.79 Å². The lowest BCUT2D eigenvalue weighted by atomic mass is 10.2. The van der Waals surface area contributed by atoms with Crippen molar-refractivity contribution in [2.75, 3.05) is 11.1 Å². The highest BCUT2D eigenvalue weighted by Gasteiger charge is 2.21. The van der Waals surface area contributed by atoms with Gasteiger partial charge >= 0.3 is 0 Å². The summed E-state index contributed by atoms with van der Waals surface area (Å²) in [6.07, 6.45) is 0. The van der Waals surface area contributed by atoms with Gasteiger partial charge in [0.1, 0.15) is 11.6 Å². The zero-order valence-corrected chi connectivity index (χ0v) is 19.8. The van der Waals surface area contributed by atoms with Crippen LogP contribution in [0.1, 0.15) is 23.9 Å². The number of sulfone groups is 1. The van der Waals surface area contributed by atoms with Crippen LogP contribution in [-0.4, -0.2) is 34.8 Å². The minimum atomic E-state index is -3.55. The third kappa shape index (κ3) is 5.87. The summed E-state index contributed by atoms with van der Waals surface area (Å²) in [6.45, 7) is 6.15. The van der Waals surface area contributed by atoms with E-state index < -0.39 is 9.84 Å². The highest BCUT2D eigenvalue weighted by molar-refractivity contribution is 7.99. The van der Waals surface area contributed by atoms with Crippen LogP contribution in [0.3, 0.4) is 0 Å². The van der Waals surface area contributed by atoms with Gasteiger partial charge in [-0.1, -0.05) is 47.1 Å². The number of carbonyl (C=O) groups is 1. The monoisotopic (exact) mass is 478 g/mol. The van der Waals surface area contributed by atoms with E-state index in [2.05, 4.69) is 15.5 Å². The normalized spacial score (nSPS) is 11.5. The van der Waals surface area contributed by atoms with E-state index in [-0.39, 0.29) is 22.3 Å². The number of nitrogens with one attached hydrogen (secondary N) is 1. The number of halogens is 1. The lowest BCUT2D eigenvalue weighted by molar-refractivity contribution is -0.113. The molecule has 1 N–H and O–H groups in total. The van der Waals surface area contributed by atoms with Gasteiger partial charge in [-0.25, -0.2) is 8.42 Å². The number of amides is 1. The molecule has 1 heterocycles. The highest BCUT2D eigenvalue weighted by atomic mass is 35.5. The van der Waals surface area contributed by atoms with E-state index in [1.165, 1.54) is 11.8 Å². The van der Waals surface area contributed by atoms with Crippen molar-refractivity contribution in [3.63, 3.8) is 0 Å². The second kappa shape index (κ2) is 9.84.